The molecule has 1 aliphatic rings. The Hall–Kier alpha value is -1.44. The summed E-state index contributed by atoms with van der Waals surface area (Å²) < 4.78 is 27.1. The largest absolute Gasteiger partial charge is 0.345 e. The first-order valence-electron chi connectivity index (χ1n) is 7.21. The fourth-order valence-electron chi connectivity index (χ4n) is 2.59. The Labute approximate surface area is 135 Å². The molecule has 0 bridgehead atoms. The van der Waals surface area contributed by atoms with Crippen LogP contribution < -0.4 is 4.90 Å². The van der Waals surface area contributed by atoms with Gasteiger partial charge in [-0.1, -0.05) is 18.2 Å². The summed E-state index contributed by atoms with van der Waals surface area (Å²) in [5.41, 5.74) is 1.80. The maximum Gasteiger partial charge on any atom is 0.243 e. The van der Waals surface area contributed by atoms with Crippen molar-refractivity contribution in [2.75, 3.05) is 31.1 Å². The normalized spacial score (nSPS) is 16.9. The van der Waals surface area contributed by atoms with Crippen LogP contribution in [0.3, 0.4) is 0 Å². The standard InChI is InChI=1S/C15H19N3O2S2/c1-12-5-3-4-6-14(12)22(19,20)18-9-7-17(8-10-18)15-16-13(2)11-21-15/h3-6,11H,7-10H2,1-2H3. The van der Waals surface area contributed by atoms with E-state index in [9.17, 15) is 8.42 Å². The van der Waals surface area contributed by atoms with E-state index in [0.717, 1.165) is 16.4 Å². The van der Waals surface area contributed by atoms with Gasteiger partial charge in [-0.05, 0) is 25.5 Å². The molecule has 1 aliphatic heterocycles. The van der Waals surface area contributed by atoms with Gasteiger partial charge in [0.1, 0.15) is 0 Å². The Morgan fingerprint density at radius 2 is 1.77 bits per heavy atom. The molecule has 0 amide bonds. The van der Waals surface area contributed by atoms with Crippen LogP contribution in [0.15, 0.2) is 34.5 Å². The molecule has 1 aromatic carbocycles. The van der Waals surface area contributed by atoms with Crippen molar-refractivity contribution >= 4 is 26.5 Å². The Balaban J connectivity index is 1.75. The number of hydrogen-bond donors (Lipinski definition) is 0. The lowest BCUT2D eigenvalue weighted by Gasteiger charge is -2.34. The number of thiazole rings is 1. The van der Waals surface area contributed by atoms with Gasteiger partial charge in [-0.15, -0.1) is 11.3 Å². The average Bonchev–Trinajstić information content (AvgIpc) is 2.94. The molecule has 2 aromatic rings. The summed E-state index contributed by atoms with van der Waals surface area (Å²) >= 11 is 1.61. The number of hydrogen-bond acceptors (Lipinski definition) is 5. The fraction of sp³-hybridized carbons (Fsp3) is 0.400. The zero-order valence-electron chi connectivity index (χ0n) is 12.7. The van der Waals surface area contributed by atoms with Gasteiger partial charge in [0.05, 0.1) is 10.6 Å². The van der Waals surface area contributed by atoms with Crippen molar-refractivity contribution in [3.8, 4) is 0 Å². The van der Waals surface area contributed by atoms with Crippen molar-refractivity contribution in [1.82, 2.24) is 9.29 Å². The molecule has 1 saturated heterocycles. The predicted molar refractivity (Wildman–Crippen MR) is 89.0 cm³/mol. The summed E-state index contributed by atoms with van der Waals surface area (Å²) in [6.07, 6.45) is 0. The number of aromatic nitrogens is 1. The molecule has 7 heteroatoms. The van der Waals surface area contributed by atoms with E-state index in [-0.39, 0.29) is 0 Å². The highest BCUT2D eigenvalue weighted by Gasteiger charge is 2.30. The second-order valence-electron chi connectivity index (χ2n) is 5.43. The van der Waals surface area contributed by atoms with Crippen LogP contribution >= 0.6 is 11.3 Å². The summed E-state index contributed by atoms with van der Waals surface area (Å²) in [4.78, 5) is 7.04. The van der Waals surface area contributed by atoms with Crippen LogP contribution in [0.25, 0.3) is 0 Å². The van der Waals surface area contributed by atoms with Gasteiger partial charge in [-0.25, -0.2) is 13.4 Å². The van der Waals surface area contributed by atoms with Crippen molar-refractivity contribution in [1.29, 1.82) is 0 Å². The highest BCUT2D eigenvalue weighted by Crippen LogP contribution is 2.24. The maximum absolute atomic E-state index is 12.7. The van der Waals surface area contributed by atoms with Crippen LogP contribution in [0.4, 0.5) is 5.13 Å². The molecular weight excluding hydrogens is 318 g/mol. The van der Waals surface area contributed by atoms with Crippen molar-refractivity contribution in [2.45, 2.75) is 18.7 Å². The number of anilines is 1. The number of rotatable bonds is 3. The van der Waals surface area contributed by atoms with Crippen LogP contribution in [0.5, 0.6) is 0 Å². The van der Waals surface area contributed by atoms with E-state index in [1.165, 1.54) is 0 Å². The summed E-state index contributed by atoms with van der Waals surface area (Å²) in [7, 11) is -3.40. The number of aryl methyl sites for hydroxylation is 2. The zero-order chi connectivity index (χ0) is 15.7. The lowest BCUT2D eigenvalue weighted by molar-refractivity contribution is 0.384. The third-order valence-corrected chi connectivity index (χ3v) is 6.91. The van der Waals surface area contributed by atoms with E-state index in [1.807, 2.05) is 31.4 Å². The first-order chi connectivity index (χ1) is 10.5. The summed E-state index contributed by atoms with van der Waals surface area (Å²) in [6, 6.07) is 7.15. The lowest BCUT2D eigenvalue weighted by atomic mass is 10.2. The monoisotopic (exact) mass is 337 g/mol. The maximum atomic E-state index is 12.7. The van der Waals surface area contributed by atoms with Crippen molar-refractivity contribution in [3.63, 3.8) is 0 Å². The Morgan fingerprint density at radius 3 is 2.36 bits per heavy atom. The SMILES string of the molecule is Cc1csc(N2CCN(S(=O)(=O)c3ccccc3C)CC2)n1. The number of benzene rings is 1. The number of piperazine rings is 1. The molecule has 5 nitrogen and oxygen atoms in total. The fourth-order valence-corrected chi connectivity index (χ4v) is 5.10. The highest BCUT2D eigenvalue weighted by molar-refractivity contribution is 7.89. The van der Waals surface area contributed by atoms with Gasteiger partial charge in [-0.2, -0.15) is 4.31 Å². The molecule has 1 fully saturated rings. The molecule has 0 saturated carbocycles. The Kier molecular flexibility index (Phi) is 4.20. The van der Waals surface area contributed by atoms with Gasteiger partial charge in [0.25, 0.3) is 0 Å². The van der Waals surface area contributed by atoms with Gasteiger partial charge in [0, 0.05) is 31.6 Å². The molecule has 1 aromatic heterocycles. The topological polar surface area (TPSA) is 53.5 Å². The Morgan fingerprint density at radius 1 is 1.09 bits per heavy atom. The summed E-state index contributed by atoms with van der Waals surface area (Å²) in [5.74, 6) is 0. The smallest absolute Gasteiger partial charge is 0.243 e. The van der Waals surface area contributed by atoms with Crippen LogP contribution in [0.2, 0.25) is 0 Å². The minimum atomic E-state index is -3.40. The van der Waals surface area contributed by atoms with Crippen molar-refractivity contribution in [2.24, 2.45) is 0 Å². The van der Waals surface area contributed by atoms with Crippen LogP contribution in [-0.4, -0.2) is 43.9 Å². The van der Waals surface area contributed by atoms with Gasteiger partial charge in [0.2, 0.25) is 10.0 Å². The molecule has 0 N–H and O–H groups in total. The quantitative estimate of drug-likeness (QED) is 0.862. The van der Waals surface area contributed by atoms with Gasteiger partial charge < -0.3 is 4.90 Å². The lowest BCUT2D eigenvalue weighted by Crippen LogP contribution is -2.48. The number of nitrogens with zero attached hydrogens (tertiary/aromatic N) is 3. The minimum Gasteiger partial charge on any atom is -0.345 e. The molecule has 118 valence electrons. The molecule has 3 rings (SSSR count). The van der Waals surface area contributed by atoms with Crippen LogP contribution in [0.1, 0.15) is 11.3 Å². The van der Waals surface area contributed by atoms with E-state index in [1.54, 1.807) is 27.8 Å². The zero-order valence-corrected chi connectivity index (χ0v) is 14.3. The van der Waals surface area contributed by atoms with E-state index in [0.29, 0.717) is 31.1 Å². The van der Waals surface area contributed by atoms with Crippen LogP contribution in [-0.2, 0) is 10.0 Å². The van der Waals surface area contributed by atoms with E-state index in [2.05, 4.69) is 9.88 Å². The van der Waals surface area contributed by atoms with E-state index < -0.39 is 10.0 Å². The first-order valence-corrected chi connectivity index (χ1v) is 9.53. The van der Waals surface area contributed by atoms with E-state index in [4.69, 9.17) is 0 Å². The second-order valence-corrected chi connectivity index (χ2v) is 8.17. The molecule has 0 spiro atoms. The molecule has 22 heavy (non-hydrogen) atoms. The molecule has 0 radical (unpaired) electrons. The first kappa shape index (κ1) is 15.5. The third-order valence-electron chi connectivity index (χ3n) is 3.83. The van der Waals surface area contributed by atoms with Crippen LogP contribution in [0, 0.1) is 13.8 Å². The van der Waals surface area contributed by atoms with Crippen molar-refractivity contribution < 1.29 is 8.42 Å². The predicted octanol–water partition coefficient (Wildman–Crippen LogP) is 2.27. The number of sulfonamides is 1. The third kappa shape index (κ3) is 2.88. The minimum absolute atomic E-state index is 0.411. The molecule has 0 aliphatic carbocycles. The van der Waals surface area contributed by atoms with Gasteiger partial charge in [0.15, 0.2) is 5.13 Å². The summed E-state index contributed by atoms with van der Waals surface area (Å²) in [6.45, 7) is 6.15. The van der Waals surface area contributed by atoms with Crippen molar-refractivity contribution in [3.05, 3.63) is 40.9 Å². The van der Waals surface area contributed by atoms with Gasteiger partial charge in [-0.3, -0.25) is 0 Å². The van der Waals surface area contributed by atoms with Gasteiger partial charge >= 0.3 is 0 Å². The molecule has 0 atom stereocenters. The molecular formula is C15H19N3O2S2. The average molecular weight is 337 g/mol. The summed E-state index contributed by atoms with van der Waals surface area (Å²) in [5, 5.41) is 3.00. The Bertz CT molecular complexity index is 763. The molecule has 2 heterocycles. The molecule has 0 unspecified atom stereocenters. The highest BCUT2D eigenvalue weighted by atomic mass is 32.2. The van der Waals surface area contributed by atoms with E-state index >= 15 is 0 Å². The second kappa shape index (κ2) is 5.98.